The van der Waals surface area contributed by atoms with E-state index in [4.69, 9.17) is 5.73 Å². The zero-order chi connectivity index (χ0) is 15.6. The molecule has 2 aromatic carbocycles. The summed E-state index contributed by atoms with van der Waals surface area (Å²) in [5.41, 5.74) is 6.87. The van der Waals surface area contributed by atoms with Crippen molar-refractivity contribution < 1.29 is 13.6 Å². The molecule has 0 spiro atoms. The minimum atomic E-state index is -0.535. The molecule has 0 bridgehead atoms. The van der Waals surface area contributed by atoms with E-state index in [1.54, 1.807) is 6.07 Å². The topological polar surface area (TPSA) is 55.1 Å². The average molecular weight is 355 g/mol. The standard InChI is InChI=1S/C15H13BrF2N2O/c1-8-13(18)5-9(6-14(8)19)15(21)20-7-10-4-11(17)2-3-12(10)16/h2-6H,7,19H2,1H3,(H,20,21). The van der Waals surface area contributed by atoms with Gasteiger partial charge in [-0.25, -0.2) is 8.78 Å². The van der Waals surface area contributed by atoms with Crippen molar-refractivity contribution in [3.63, 3.8) is 0 Å². The predicted molar refractivity (Wildman–Crippen MR) is 80.8 cm³/mol. The zero-order valence-corrected chi connectivity index (χ0v) is 12.8. The normalized spacial score (nSPS) is 10.5. The van der Waals surface area contributed by atoms with Crippen LogP contribution in [0.5, 0.6) is 0 Å². The molecule has 6 heteroatoms. The molecule has 110 valence electrons. The van der Waals surface area contributed by atoms with Gasteiger partial charge in [-0.1, -0.05) is 15.9 Å². The van der Waals surface area contributed by atoms with Crippen LogP contribution in [0.15, 0.2) is 34.8 Å². The van der Waals surface area contributed by atoms with E-state index in [0.29, 0.717) is 15.6 Å². The van der Waals surface area contributed by atoms with Crippen molar-refractivity contribution >= 4 is 27.5 Å². The molecule has 0 saturated heterocycles. The molecule has 2 rings (SSSR count). The minimum Gasteiger partial charge on any atom is -0.398 e. The monoisotopic (exact) mass is 354 g/mol. The van der Waals surface area contributed by atoms with Crippen molar-refractivity contribution in [2.24, 2.45) is 0 Å². The second-order valence-electron chi connectivity index (χ2n) is 4.59. The highest BCUT2D eigenvalue weighted by molar-refractivity contribution is 9.10. The highest BCUT2D eigenvalue weighted by Gasteiger charge is 2.11. The van der Waals surface area contributed by atoms with Crippen LogP contribution in [0.2, 0.25) is 0 Å². The van der Waals surface area contributed by atoms with Gasteiger partial charge in [0.15, 0.2) is 0 Å². The van der Waals surface area contributed by atoms with Gasteiger partial charge in [-0.2, -0.15) is 0 Å². The highest BCUT2D eigenvalue weighted by atomic mass is 79.9. The number of nitrogens with one attached hydrogen (secondary N) is 1. The number of carbonyl (C=O) groups excluding carboxylic acids is 1. The SMILES string of the molecule is Cc1c(N)cc(C(=O)NCc2cc(F)ccc2Br)cc1F. The fourth-order valence-electron chi connectivity index (χ4n) is 1.79. The number of hydrogen-bond donors (Lipinski definition) is 2. The quantitative estimate of drug-likeness (QED) is 0.828. The van der Waals surface area contributed by atoms with Gasteiger partial charge in [0.2, 0.25) is 0 Å². The van der Waals surface area contributed by atoms with E-state index >= 15 is 0 Å². The summed E-state index contributed by atoms with van der Waals surface area (Å²) in [6.07, 6.45) is 0. The van der Waals surface area contributed by atoms with Crippen molar-refractivity contribution in [1.29, 1.82) is 0 Å². The predicted octanol–water partition coefficient (Wildman–Crippen LogP) is 3.55. The van der Waals surface area contributed by atoms with Gasteiger partial charge < -0.3 is 11.1 Å². The van der Waals surface area contributed by atoms with Crippen molar-refractivity contribution in [3.05, 3.63) is 63.1 Å². The molecule has 0 saturated carbocycles. The molecular weight excluding hydrogens is 342 g/mol. The molecule has 1 amide bonds. The molecule has 0 aromatic heterocycles. The van der Waals surface area contributed by atoms with Crippen LogP contribution in [0.25, 0.3) is 0 Å². The number of carbonyl (C=O) groups is 1. The third kappa shape index (κ3) is 3.58. The Bertz CT molecular complexity index is 681. The molecule has 2 aromatic rings. The van der Waals surface area contributed by atoms with Crippen LogP contribution in [0.1, 0.15) is 21.5 Å². The maximum Gasteiger partial charge on any atom is 0.251 e. The second-order valence-corrected chi connectivity index (χ2v) is 5.45. The van der Waals surface area contributed by atoms with Crippen LogP contribution in [0.4, 0.5) is 14.5 Å². The zero-order valence-electron chi connectivity index (χ0n) is 11.2. The Morgan fingerprint density at radius 1 is 1.29 bits per heavy atom. The maximum atomic E-state index is 13.6. The van der Waals surface area contributed by atoms with E-state index in [9.17, 15) is 13.6 Å². The van der Waals surface area contributed by atoms with Gasteiger partial charge in [0.1, 0.15) is 11.6 Å². The van der Waals surface area contributed by atoms with E-state index in [2.05, 4.69) is 21.2 Å². The summed E-state index contributed by atoms with van der Waals surface area (Å²) in [6.45, 7) is 1.66. The first-order valence-corrected chi connectivity index (χ1v) is 6.95. The molecule has 21 heavy (non-hydrogen) atoms. The molecular formula is C15H13BrF2N2O. The van der Waals surface area contributed by atoms with E-state index in [1.165, 1.54) is 25.1 Å². The summed E-state index contributed by atoms with van der Waals surface area (Å²) in [5, 5.41) is 2.60. The van der Waals surface area contributed by atoms with Gasteiger partial charge in [-0.15, -0.1) is 0 Å². The fourth-order valence-corrected chi connectivity index (χ4v) is 2.17. The van der Waals surface area contributed by atoms with Crippen molar-refractivity contribution in [1.82, 2.24) is 5.32 Å². The van der Waals surface area contributed by atoms with Crippen LogP contribution in [-0.2, 0) is 6.54 Å². The van der Waals surface area contributed by atoms with E-state index in [1.807, 2.05) is 0 Å². The first-order chi connectivity index (χ1) is 9.88. The lowest BCUT2D eigenvalue weighted by Crippen LogP contribution is -2.23. The molecule has 3 nitrogen and oxygen atoms in total. The summed E-state index contributed by atoms with van der Waals surface area (Å²) in [6, 6.07) is 6.72. The molecule has 3 N–H and O–H groups in total. The Kier molecular flexibility index (Phi) is 4.57. The smallest absolute Gasteiger partial charge is 0.251 e. The molecule has 0 aliphatic heterocycles. The van der Waals surface area contributed by atoms with Gasteiger partial charge in [0, 0.05) is 27.8 Å². The summed E-state index contributed by atoms with van der Waals surface area (Å²) in [7, 11) is 0. The lowest BCUT2D eigenvalue weighted by atomic mass is 10.1. The highest BCUT2D eigenvalue weighted by Crippen LogP contribution is 2.19. The Morgan fingerprint density at radius 2 is 2.00 bits per heavy atom. The maximum absolute atomic E-state index is 13.6. The van der Waals surface area contributed by atoms with E-state index in [-0.39, 0.29) is 17.8 Å². The Balaban J connectivity index is 2.13. The van der Waals surface area contributed by atoms with Crippen molar-refractivity contribution in [2.45, 2.75) is 13.5 Å². The van der Waals surface area contributed by atoms with Crippen LogP contribution in [0, 0.1) is 18.6 Å². The molecule has 0 atom stereocenters. The Labute approximate surface area is 129 Å². The van der Waals surface area contributed by atoms with Gasteiger partial charge in [0.25, 0.3) is 5.91 Å². The van der Waals surface area contributed by atoms with E-state index < -0.39 is 17.5 Å². The lowest BCUT2D eigenvalue weighted by Gasteiger charge is -2.09. The van der Waals surface area contributed by atoms with E-state index in [0.717, 1.165) is 6.07 Å². The molecule has 0 radical (unpaired) electrons. The van der Waals surface area contributed by atoms with Crippen LogP contribution in [0.3, 0.4) is 0 Å². The van der Waals surface area contributed by atoms with Crippen molar-refractivity contribution in [2.75, 3.05) is 5.73 Å². The third-order valence-corrected chi connectivity index (χ3v) is 3.87. The summed E-state index contributed by atoms with van der Waals surface area (Å²) in [4.78, 5) is 12.0. The molecule has 0 fully saturated rings. The molecule has 0 heterocycles. The lowest BCUT2D eigenvalue weighted by molar-refractivity contribution is 0.0950. The van der Waals surface area contributed by atoms with Gasteiger partial charge in [-0.3, -0.25) is 4.79 Å². The number of hydrogen-bond acceptors (Lipinski definition) is 2. The van der Waals surface area contributed by atoms with Crippen LogP contribution < -0.4 is 11.1 Å². The fraction of sp³-hybridized carbons (Fsp3) is 0.133. The largest absolute Gasteiger partial charge is 0.398 e. The Hall–Kier alpha value is -1.95. The summed E-state index contributed by atoms with van der Waals surface area (Å²) < 4.78 is 27.4. The minimum absolute atomic E-state index is 0.118. The van der Waals surface area contributed by atoms with Crippen LogP contribution >= 0.6 is 15.9 Å². The first kappa shape index (κ1) is 15.4. The third-order valence-electron chi connectivity index (χ3n) is 3.09. The number of halogens is 3. The Morgan fingerprint density at radius 3 is 2.67 bits per heavy atom. The summed E-state index contributed by atoms with van der Waals surface area (Å²) in [5.74, 6) is -1.41. The molecule has 0 unspecified atom stereocenters. The molecule has 0 aliphatic rings. The number of anilines is 1. The van der Waals surface area contributed by atoms with Gasteiger partial charge in [0.05, 0.1) is 0 Å². The average Bonchev–Trinajstić information content (AvgIpc) is 2.44. The molecule has 0 aliphatic carbocycles. The van der Waals surface area contributed by atoms with Crippen LogP contribution in [-0.4, -0.2) is 5.91 Å². The number of rotatable bonds is 3. The number of benzene rings is 2. The second kappa shape index (κ2) is 6.22. The number of nitrogens with two attached hydrogens (primary N) is 1. The summed E-state index contributed by atoms with van der Waals surface area (Å²) >= 11 is 3.27. The first-order valence-electron chi connectivity index (χ1n) is 6.16. The van der Waals surface area contributed by atoms with Crippen molar-refractivity contribution in [3.8, 4) is 0 Å². The van der Waals surface area contributed by atoms with Gasteiger partial charge in [-0.05, 0) is 42.8 Å². The van der Waals surface area contributed by atoms with Gasteiger partial charge >= 0.3 is 0 Å². The number of amides is 1. The number of nitrogen functional groups attached to an aromatic ring is 1.